The van der Waals surface area contributed by atoms with E-state index in [2.05, 4.69) is 0 Å². The molecule has 2 aromatic carbocycles. The van der Waals surface area contributed by atoms with Gasteiger partial charge in [0, 0.05) is 10.6 Å². The second-order valence-corrected chi connectivity index (χ2v) is 5.07. The smallest absolute Gasteiger partial charge is 0.340 e. The topological polar surface area (TPSA) is 61.5 Å². The summed E-state index contributed by atoms with van der Waals surface area (Å²) in [6, 6.07) is 12.7. The second-order valence-electron chi connectivity index (χ2n) is 4.22. The van der Waals surface area contributed by atoms with Crippen molar-refractivity contribution >= 4 is 23.4 Å². The Balaban J connectivity index is 2.29. The van der Waals surface area contributed by atoms with E-state index in [1.807, 2.05) is 30.5 Å². The number of hydrogen-bond acceptors (Lipinski definition) is 5. The Hall–Kier alpha value is -2.14. The van der Waals surface area contributed by atoms with E-state index in [1.165, 1.54) is 0 Å². The van der Waals surface area contributed by atoms with Gasteiger partial charge in [-0.05, 0) is 43.5 Å². The van der Waals surface area contributed by atoms with E-state index in [4.69, 9.17) is 15.2 Å². The minimum atomic E-state index is -0.446. The van der Waals surface area contributed by atoms with Crippen LogP contribution in [-0.2, 0) is 4.74 Å². The fourth-order valence-corrected chi connectivity index (χ4v) is 2.34. The zero-order chi connectivity index (χ0) is 15.2. The molecule has 2 N–H and O–H groups in total. The Labute approximate surface area is 128 Å². The van der Waals surface area contributed by atoms with Crippen molar-refractivity contribution in [3.63, 3.8) is 0 Å². The Morgan fingerprint density at radius 2 is 2.00 bits per heavy atom. The molecule has 0 aliphatic rings. The van der Waals surface area contributed by atoms with Gasteiger partial charge in [0.05, 0.1) is 12.2 Å². The second kappa shape index (κ2) is 7.04. The summed E-state index contributed by atoms with van der Waals surface area (Å²) in [5, 5.41) is 0. The fourth-order valence-electron chi connectivity index (χ4n) is 1.81. The molecule has 2 aromatic rings. The van der Waals surface area contributed by atoms with Gasteiger partial charge in [0.1, 0.15) is 11.5 Å². The largest absolute Gasteiger partial charge is 0.462 e. The molecule has 110 valence electrons. The summed E-state index contributed by atoms with van der Waals surface area (Å²) in [7, 11) is 0. The normalized spacial score (nSPS) is 10.2. The average molecular weight is 303 g/mol. The molecule has 0 saturated heterocycles. The van der Waals surface area contributed by atoms with Crippen molar-refractivity contribution in [2.45, 2.75) is 11.8 Å². The Morgan fingerprint density at radius 3 is 2.71 bits per heavy atom. The van der Waals surface area contributed by atoms with E-state index in [1.54, 1.807) is 36.9 Å². The summed E-state index contributed by atoms with van der Waals surface area (Å²) < 4.78 is 10.8. The molecule has 0 amide bonds. The maximum absolute atomic E-state index is 11.8. The summed E-state index contributed by atoms with van der Waals surface area (Å²) in [5.41, 5.74) is 6.50. The van der Waals surface area contributed by atoms with Crippen molar-refractivity contribution in [3.05, 3.63) is 48.0 Å². The van der Waals surface area contributed by atoms with Crippen LogP contribution >= 0.6 is 11.8 Å². The van der Waals surface area contributed by atoms with E-state index >= 15 is 0 Å². The van der Waals surface area contributed by atoms with Crippen LogP contribution in [-0.4, -0.2) is 18.8 Å². The Kier molecular flexibility index (Phi) is 5.11. The van der Waals surface area contributed by atoms with Gasteiger partial charge < -0.3 is 15.2 Å². The summed E-state index contributed by atoms with van der Waals surface area (Å²) in [4.78, 5) is 12.9. The molecule has 0 radical (unpaired) electrons. The van der Waals surface area contributed by atoms with Crippen LogP contribution in [0.2, 0.25) is 0 Å². The zero-order valence-electron chi connectivity index (χ0n) is 12.0. The zero-order valence-corrected chi connectivity index (χ0v) is 12.8. The van der Waals surface area contributed by atoms with Crippen LogP contribution in [0.4, 0.5) is 5.69 Å². The molecule has 2 rings (SSSR count). The molecular weight excluding hydrogens is 286 g/mol. The van der Waals surface area contributed by atoms with Crippen molar-refractivity contribution in [1.29, 1.82) is 0 Å². The summed E-state index contributed by atoms with van der Waals surface area (Å²) in [6.07, 6.45) is 1.98. The first kappa shape index (κ1) is 15.3. The standard InChI is InChI=1S/C16H17NO3S/c1-3-19-16(18)12-10-11(8-9-13(12)17)20-14-6-4-5-7-15(14)21-2/h4-10H,3,17H2,1-2H3. The van der Waals surface area contributed by atoms with E-state index in [-0.39, 0.29) is 0 Å². The van der Waals surface area contributed by atoms with Gasteiger partial charge in [0.2, 0.25) is 0 Å². The molecule has 0 atom stereocenters. The van der Waals surface area contributed by atoms with Gasteiger partial charge in [0.25, 0.3) is 0 Å². The van der Waals surface area contributed by atoms with Crippen molar-refractivity contribution in [2.75, 3.05) is 18.6 Å². The fraction of sp³-hybridized carbons (Fsp3) is 0.188. The van der Waals surface area contributed by atoms with Gasteiger partial charge in [-0.2, -0.15) is 0 Å². The molecule has 0 saturated carbocycles. The molecule has 0 bridgehead atoms. The molecule has 0 heterocycles. The van der Waals surface area contributed by atoms with E-state index in [0.717, 1.165) is 10.6 Å². The first-order valence-electron chi connectivity index (χ1n) is 6.53. The van der Waals surface area contributed by atoms with Gasteiger partial charge in [-0.3, -0.25) is 0 Å². The lowest BCUT2D eigenvalue weighted by molar-refractivity contribution is 0.0527. The van der Waals surface area contributed by atoms with Crippen LogP contribution in [0.3, 0.4) is 0 Å². The number of anilines is 1. The number of ether oxygens (including phenoxy) is 2. The molecule has 0 unspecified atom stereocenters. The lowest BCUT2D eigenvalue weighted by Gasteiger charge is -2.11. The quantitative estimate of drug-likeness (QED) is 0.514. The third-order valence-corrected chi connectivity index (χ3v) is 3.59. The van der Waals surface area contributed by atoms with E-state index in [9.17, 15) is 4.79 Å². The van der Waals surface area contributed by atoms with Gasteiger partial charge in [-0.25, -0.2) is 4.79 Å². The predicted octanol–water partition coefficient (Wildman–Crippen LogP) is 3.96. The Morgan fingerprint density at radius 1 is 1.24 bits per heavy atom. The van der Waals surface area contributed by atoms with Crippen molar-refractivity contribution in [3.8, 4) is 11.5 Å². The number of carbonyl (C=O) groups is 1. The third kappa shape index (κ3) is 3.70. The maximum Gasteiger partial charge on any atom is 0.340 e. The number of thioether (sulfide) groups is 1. The highest BCUT2D eigenvalue weighted by Gasteiger charge is 2.13. The van der Waals surface area contributed by atoms with Gasteiger partial charge in [-0.15, -0.1) is 11.8 Å². The number of carbonyl (C=O) groups excluding carboxylic acids is 1. The predicted molar refractivity (Wildman–Crippen MR) is 85.1 cm³/mol. The van der Waals surface area contributed by atoms with Gasteiger partial charge in [0.15, 0.2) is 0 Å². The highest BCUT2D eigenvalue weighted by atomic mass is 32.2. The van der Waals surface area contributed by atoms with Crippen LogP contribution in [0.5, 0.6) is 11.5 Å². The number of para-hydroxylation sites is 1. The molecule has 0 aliphatic carbocycles. The van der Waals surface area contributed by atoms with Gasteiger partial charge >= 0.3 is 5.97 Å². The van der Waals surface area contributed by atoms with Crippen molar-refractivity contribution in [1.82, 2.24) is 0 Å². The third-order valence-electron chi connectivity index (χ3n) is 2.82. The molecule has 0 aliphatic heterocycles. The van der Waals surface area contributed by atoms with E-state index < -0.39 is 5.97 Å². The van der Waals surface area contributed by atoms with Gasteiger partial charge in [-0.1, -0.05) is 12.1 Å². The minimum Gasteiger partial charge on any atom is -0.462 e. The minimum absolute atomic E-state index is 0.304. The Bertz CT molecular complexity index is 643. The van der Waals surface area contributed by atoms with Crippen LogP contribution in [0.25, 0.3) is 0 Å². The number of esters is 1. The molecule has 5 heteroatoms. The lowest BCUT2D eigenvalue weighted by atomic mass is 10.1. The number of rotatable bonds is 5. The highest BCUT2D eigenvalue weighted by Crippen LogP contribution is 2.32. The highest BCUT2D eigenvalue weighted by molar-refractivity contribution is 7.98. The SMILES string of the molecule is CCOC(=O)c1cc(Oc2ccccc2SC)ccc1N. The first-order valence-corrected chi connectivity index (χ1v) is 7.75. The number of hydrogen-bond donors (Lipinski definition) is 1. The molecule has 4 nitrogen and oxygen atoms in total. The van der Waals surface area contributed by atoms with Crippen molar-refractivity contribution < 1.29 is 14.3 Å². The molecule has 0 aromatic heterocycles. The number of nitrogen functional groups attached to an aromatic ring is 1. The van der Waals surface area contributed by atoms with Crippen LogP contribution in [0.1, 0.15) is 17.3 Å². The summed E-state index contributed by atoms with van der Waals surface area (Å²) >= 11 is 1.60. The average Bonchev–Trinajstić information content (AvgIpc) is 2.50. The van der Waals surface area contributed by atoms with E-state index in [0.29, 0.717) is 23.6 Å². The maximum atomic E-state index is 11.8. The first-order chi connectivity index (χ1) is 10.2. The van der Waals surface area contributed by atoms with Crippen LogP contribution < -0.4 is 10.5 Å². The van der Waals surface area contributed by atoms with Crippen LogP contribution in [0.15, 0.2) is 47.4 Å². The molecule has 21 heavy (non-hydrogen) atoms. The molecular formula is C16H17NO3S. The monoisotopic (exact) mass is 303 g/mol. The lowest BCUT2D eigenvalue weighted by Crippen LogP contribution is -2.08. The number of benzene rings is 2. The molecule has 0 spiro atoms. The summed E-state index contributed by atoms with van der Waals surface area (Å²) in [6.45, 7) is 2.06. The molecule has 0 fully saturated rings. The summed E-state index contributed by atoms with van der Waals surface area (Å²) in [5.74, 6) is 0.844. The van der Waals surface area contributed by atoms with Crippen molar-refractivity contribution in [2.24, 2.45) is 0 Å². The number of nitrogens with two attached hydrogens (primary N) is 1. The van der Waals surface area contributed by atoms with Crippen LogP contribution in [0, 0.1) is 0 Å².